The molecule has 1 aromatic carbocycles. The second-order valence-electron chi connectivity index (χ2n) is 5.28. The molecule has 2 rings (SSSR count). The van der Waals surface area contributed by atoms with E-state index >= 15 is 0 Å². The lowest BCUT2D eigenvalue weighted by atomic mass is 9.84. The molecule has 0 saturated heterocycles. The molecule has 82 valence electrons. The van der Waals surface area contributed by atoms with Crippen molar-refractivity contribution in [3.63, 3.8) is 0 Å². The van der Waals surface area contributed by atoms with Crippen molar-refractivity contribution in [1.29, 1.82) is 0 Å². The Morgan fingerprint density at radius 1 is 1.33 bits per heavy atom. The van der Waals surface area contributed by atoms with Gasteiger partial charge in [-0.3, -0.25) is 0 Å². The van der Waals surface area contributed by atoms with Crippen LogP contribution in [0.3, 0.4) is 0 Å². The van der Waals surface area contributed by atoms with Gasteiger partial charge in [0.15, 0.2) is 0 Å². The monoisotopic (exact) mass is 205 g/mol. The third-order valence-corrected chi connectivity index (χ3v) is 3.01. The highest BCUT2D eigenvalue weighted by molar-refractivity contribution is 5.56. The van der Waals surface area contributed by atoms with Crippen LogP contribution in [0.4, 0.5) is 5.69 Å². The van der Waals surface area contributed by atoms with E-state index in [9.17, 15) is 5.11 Å². The van der Waals surface area contributed by atoms with Crippen LogP contribution in [0.25, 0.3) is 0 Å². The minimum absolute atomic E-state index is 0.145. The fourth-order valence-electron chi connectivity index (χ4n) is 1.96. The van der Waals surface area contributed by atoms with Crippen molar-refractivity contribution >= 4 is 5.69 Å². The number of nitrogens with one attached hydrogen (secondary N) is 1. The standard InChI is InChI=1S/C13H19NO/c1-13(2,3)9-4-5-11-10(8-9)12(15)6-7-14-11/h4-5,8,12,14-15H,6-7H2,1-3H3. The van der Waals surface area contributed by atoms with Gasteiger partial charge >= 0.3 is 0 Å². The molecule has 1 heterocycles. The fraction of sp³-hybridized carbons (Fsp3) is 0.538. The number of anilines is 1. The summed E-state index contributed by atoms with van der Waals surface area (Å²) in [5, 5.41) is 13.2. The van der Waals surface area contributed by atoms with E-state index in [1.165, 1.54) is 5.56 Å². The summed E-state index contributed by atoms with van der Waals surface area (Å²) >= 11 is 0. The van der Waals surface area contributed by atoms with Crippen LogP contribution in [0.15, 0.2) is 18.2 Å². The quantitative estimate of drug-likeness (QED) is 0.682. The number of hydrogen-bond acceptors (Lipinski definition) is 2. The Bertz CT molecular complexity index is 365. The van der Waals surface area contributed by atoms with Crippen LogP contribution in [-0.2, 0) is 5.41 Å². The maximum absolute atomic E-state index is 9.91. The van der Waals surface area contributed by atoms with Crippen LogP contribution >= 0.6 is 0 Å². The molecule has 1 aromatic rings. The second-order valence-corrected chi connectivity index (χ2v) is 5.28. The Labute approximate surface area is 91.3 Å². The topological polar surface area (TPSA) is 32.3 Å². The molecule has 0 aliphatic carbocycles. The van der Waals surface area contributed by atoms with E-state index < -0.39 is 0 Å². The third-order valence-electron chi connectivity index (χ3n) is 3.01. The summed E-state index contributed by atoms with van der Waals surface area (Å²) in [6, 6.07) is 6.36. The normalized spacial score (nSPS) is 20.7. The lowest BCUT2D eigenvalue weighted by molar-refractivity contribution is 0.168. The van der Waals surface area contributed by atoms with Crippen LogP contribution in [0.1, 0.15) is 44.4 Å². The molecule has 0 fully saturated rings. The van der Waals surface area contributed by atoms with Gasteiger partial charge < -0.3 is 10.4 Å². The number of benzene rings is 1. The highest BCUT2D eigenvalue weighted by Gasteiger charge is 2.21. The van der Waals surface area contributed by atoms with Gasteiger partial charge in [-0.1, -0.05) is 32.9 Å². The van der Waals surface area contributed by atoms with Gasteiger partial charge in [0, 0.05) is 17.8 Å². The van der Waals surface area contributed by atoms with Gasteiger partial charge in [-0.2, -0.15) is 0 Å². The molecular weight excluding hydrogens is 186 g/mol. The molecule has 0 amide bonds. The zero-order valence-corrected chi connectivity index (χ0v) is 9.67. The molecule has 2 N–H and O–H groups in total. The molecule has 15 heavy (non-hydrogen) atoms. The van der Waals surface area contributed by atoms with E-state index in [-0.39, 0.29) is 11.5 Å². The maximum atomic E-state index is 9.91. The van der Waals surface area contributed by atoms with Crippen molar-refractivity contribution in [2.24, 2.45) is 0 Å². The van der Waals surface area contributed by atoms with Gasteiger partial charge in [0.2, 0.25) is 0 Å². The number of aliphatic hydroxyl groups excluding tert-OH is 1. The van der Waals surface area contributed by atoms with Crippen LogP contribution in [-0.4, -0.2) is 11.7 Å². The SMILES string of the molecule is CC(C)(C)c1ccc2c(c1)C(O)CCN2. The average Bonchev–Trinajstić information content (AvgIpc) is 2.16. The molecule has 0 bridgehead atoms. The van der Waals surface area contributed by atoms with E-state index in [1.54, 1.807) is 0 Å². The Morgan fingerprint density at radius 3 is 2.73 bits per heavy atom. The van der Waals surface area contributed by atoms with Crippen LogP contribution < -0.4 is 5.32 Å². The molecule has 0 aromatic heterocycles. The highest BCUT2D eigenvalue weighted by atomic mass is 16.3. The molecule has 1 aliphatic heterocycles. The first-order valence-corrected chi connectivity index (χ1v) is 5.55. The summed E-state index contributed by atoms with van der Waals surface area (Å²) in [6.45, 7) is 7.44. The van der Waals surface area contributed by atoms with Crippen molar-refractivity contribution in [2.45, 2.75) is 38.7 Å². The summed E-state index contributed by atoms with van der Waals surface area (Å²) in [6.07, 6.45) is 0.504. The highest BCUT2D eigenvalue weighted by Crippen LogP contribution is 2.33. The van der Waals surface area contributed by atoms with Crippen molar-refractivity contribution in [2.75, 3.05) is 11.9 Å². The molecule has 1 unspecified atom stereocenters. The van der Waals surface area contributed by atoms with E-state index in [1.807, 2.05) is 0 Å². The van der Waals surface area contributed by atoms with Crippen molar-refractivity contribution in [3.05, 3.63) is 29.3 Å². The number of hydrogen-bond donors (Lipinski definition) is 2. The molecule has 2 nitrogen and oxygen atoms in total. The van der Waals surface area contributed by atoms with Crippen molar-refractivity contribution in [1.82, 2.24) is 0 Å². The molecule has 1 atom stereocenters. The van der Waals surface area contributed by atoms with Gasteiger partial charge in [0.05, 0.1) is 6.10 Å². The smallest absolute Gasteiger partial charge is 0.0826 e. The maximum Gasteiger partial charge on any atom is 0.0826 e. The lowest BCUT2D eigenvalue weighted by Crippen LogP contribution is -2.18. The minimum Gasteiger partial charge on any atom is -0.388 e. The van der Waals surface area contributed by atoms with E-state index in [0.29, 0.717) is 0 Å². The van der Waals surface area contributed by atoms with Crippen LogP contribution in [0, 0.1) is 0 Å². The summed E-state index contributed by atoms with van der Waals surface area (Å²) in [5.74, 6) is 0. The van der Waals surface area contributed by atoms with Crippen molar-refractivity contribution in [3.8, 4) is 0 Å². The van der Waals surface area contributed by atoms with Crippen LogP contribution in [0.2, 0.25) is 0 Å². The predicted molar refractivity (Wildman–Crippen MR) is 63.2 cm³/mol. The molecule has 2 heteroatoms. The Balaban J connectivity index is 2.44. The predicted octanol–water partition coefficient (Wildman–Crippen LogP) is 2.83. The summed E-state index contributed by atoms with van der Waals surface area (Å²) in [7, 11) is 0. The first-order chi connectivity index (χ1) is 6.98. The second kappa shape index (κ2) is 3.53. The minimum atomic E-state index is -0.302. The fourth-order valence-corrected chi connectivity index (χ4v) is 1.96. The summed E-state index contributed by atoms with van der Waals surface area (Å²) in [4.78, 5) is 0. The van der Waals surface area contributed by atoms with Crippen molar-refractivity contribution < 1.29 is 5.11 Å². The Hall–Kier alpha value is -1.02. The third kappa shape index (κ3) is 2.00. The molecule has 0 radical (unpaired) electrons. The number of rotatable bonds is 0. The largest absolute Gasteiger partial charge is 0.388 e. The first kappa shape index (κ1) is 10.5. The van der Waals surface area contributed by atoms with Gasteiger partial charge in [-0.25, -0.2) is 0 Å². The first-order valence-electron chi connectivity index (χ1n) is 5.55. The summed E-state index contributed by atoms with van der Waals surface area (Å²) < 4.78 is 0. The molecule has 0 saturated carbocycles. The van der Waals surface area contributed by atoms with Crippen LogP contribution in [0.5, 0.6) is 0 Å². The lowest BCUT2D eigenvalue weighted by Gasteiger charge is -2.26. The Morgan fingerprint density at radius 2 is 2.07 bits per heavy atom. The average molecular weight is 205 g/mol. The van der Waals surface area contributed by atoms with Gasteiger partial charge in [0.25, 0.3) is 0 Å². The number of aliphatic hydroxyl groups is 1. The molecular formula is C13H19NO. The zero-order valence-electron chi connectivity index (χ0n) is 9.67. The zero-order chi connectivity index (χ0) is 11.1. The summed E-state index contributed by atoms with van der Waals surface area (Å²) in [5.41, 5.74) is 3.56. The molecule has 1 aliphatic rings. The van der Waals surface area contributed by atoms with Gasteiger partial charge in [-0.05, 0) is 23.5 Å². The number of fused-ring (bicyclic) bond motifs is 1. The van der Waals surface area contributed by atoms with E-state index in [4.69, 9.17) is 0 Å². The van der Waals surface area contributed by atoms with E-state index in [0.717, 1.165) is 24.2 Å². The Kier molecular flexibility index (Phi) is 2.47. The van der Waals surface area contributed by atoms with E-state index in [2.05, 4.69) is 44.3 Å². The van der Waals surface area contributed by atoms with Gasteiger partial charge in [-0.15, -0.1) is 0 Å². The molecule has 0 spiro atoms. The van der Waals surface area contributed by atoms with Gasteiger partial charge in [0.1, 0.15) is 0 Å².